The lowest BCUT2D eigenvalue weighted by Gasteiger charge is -2.24. The second-order valence-corrected chi connectivity index (χ2v) is 5.51. The number of pyridine rings is 1. The van der Waals surface area contributed by atoms with Crippen LogP contribution in [-0.4, -0.2) is 16.1 Å². The third-order valence-electron chi connectivity index (χ3n) is 3.20. The molecule has 0 aliphatic heterocycles. The van der Waals surface area contributed by atoms with Crippen molar-refractivity contribution >= 4 is 34.7 Å². The van der Waals surface area contributed by atoms with Crippen molar-refractivity contribution in [3.05, 3.63) is 22.8 Å². The van der Waals surface area contributed by atoms with E-state index in [0.29, 0.717) is 16.2 Å². The molecule has 2 rings (SSSR count). The number of nitrogens with one attached hydrogen (secondary N) is 2. The summed E-state index contributed by atoms with van der Waals surface area (Å²) in [4.78, 5) is 4.34. The maximum absolute atomic E-state index is 5.93. The lowest BCUT2D eigenvalue weighted by atomic mass is 9.96. The maximum atomic E-state index is 5.93. The van der Waals surface area contributed by atoms with Gasteiger partial charge in [-0.1, -0.05) is 30.9 Å². The Morgan fingerprint density at radius 3 is 2.72 bits per heavy atom. The molecule has 18 heavy (non-hydrogen) atoms. The Labute approximate surface area is 118 Å². The first kappa shape index (κ1) is 13.6. The number of nitrogens with zero attached hydrogens (tertiary/aromatic N) is 1. The van der Waals surface area contributed by atoms with Crippen LogP contribution in [0.5, 0.6) is 0 Å². The van der Waals surface area contributed by atoms with Gasteiger partial charge in [0.25, 0.3) is 0 Å². The summed E-state index contributed by atoms with van der Waals surface area (Å²) in [5.41, 5.74) is 0.808. The van der Waals surface area contributed by atoms with E-state index in [4.69, 9.17) is 23.8 Å². The molecule has 0 unspecified atom stereocenters. The largest absolute Gasteiger partial charge is 0.360 e. The summed E-state index contributed by atoms with van der Waals surface area (Å²) >= 11 is 11.2. The lowest BCUT2D eigenvalue weighted by molar-refractivity contribution is 0.415. The van der Waals surface area contributed by atoms with Crippen LogP contribution >= 0.6 is 23.8 Å². The second-order valence-electron chi connectivity index (χ2n) is 4.70. The minimum Gasteiger partial charge on any atom is -0.360 e. The summed E-state index contributed by atoms with van der Waals surface area (Å²) in [6.45, 7) is 1.88. The molecule has 0 amide bonds. The van der Waals surface area contributed by atoms with Crippen LogP contribution in [0.4, 0.5) is 5.82 Å². The number of thiocarbonyl (C=S) groups is 1. The van der Waals surface area contributed by atoms with Gasteiger partial charge in [0.2, 0.25) is 0 Å². The zero-order valence-electron chi connectivity index (χ0n) is 10.5. The van der Waals surface area contributed by atoms with Crippen molar-refractivity contribution in [2.75, 3.05) is 5.32 Å². The fourth-order valence-corrected chi connectivity index (χ4v) is 2.57. The fourth-order valence-electron chi connectivity index (χ4n) is 2.20. The highest BCUT2D eigenvalue weighted by molar-refractivity contribution is 7.80. The monoisotopic (exact) mass is 283 g/mol. The molecule has 1 aliphatic rings. The van der Waals surface area contributed by atoms with E-state index in [1.165, 1.54) is 32.1 Å². The van der Waals surface area contributed by atoms with E-state index < -0.39 is 0 Å². The average molecular weight is 284 g/mol. The highest BCUT2D eigenvalue weighted by atomic mass is 35.5. The number of aryl methyl sites for hydroxylation is 1. The molecule has 0 aromatic carbocycles. The Kier molecular flexibility index (Phi) is 4.78. The van der Waals surface area contributed by atoms with Gasteiger partial charge in [0.15, 0.2) is 5.11 Å². The number of aromatic nitrogens is 1. The lowest BCUT2D eigenvalue weighted by Crippen LogP contribution is -2.39. The van der Waals surface area contributed by atoms with Gasteiger partial charge < -0.3 is 10.6 Å². The molecule has 3 nitrogen and oxygen atoms in total. The first-order valence-electron chi connectivity index (χ1n) is 6.36. The molecule has 98 valence electrons. The van der Waals surface area contributed by atoms with Crippen LogP contribution in [0.3, 0.4) is 0 Å². The van der Waals surface area contributed by atoms with Crippen LogP contribution in [0.2, 0.25) is 5.02 Å². The third kappa shape index (κ3) is 3.82. The molecule has 0 saturated heterocycles. The van der Waals surface area contributed by atoms with E-state index >= 15 is 0 Å². The van der Waals surface area contributed by atoms with Gasteiger partial charge in [-0.05, 0) is 44.1 Å². The maximum Gasteiger partial charge on any atom is 0.172 e. The van der Waals surface area contributed by atoms with E-state index in [9.17, 15) is 0 Å². The van der Waals surface area contributed by atoms with Gasteiger partial charge in [0.05, 0.1) is 10.7 Å². The summed E-state index contributed by atoms with van der Waals surface area (Å²) in [6.07, 6.45) is 6.33. The van der Waals surface area contributed by atoms with Crippen molar-refractivity contribution in [1.29, 1.82) is 0 Å². The van der Waals surface area contributed by atoms with Gasteiger partial charge in [0.1, 0.15) is 5.82 Å². The van der Waals surface area contributed by atoms with Crippen LogP contribution in [0.1, 0.15) is 37.8 Å². The normalized spacial score (nSPS) is 16.3. The average Bonchev–Trinajstić information content (AvgIpc) is 2.35. The van der Waals surface area contributed by atoms with E-state index in [2.05, 4.69) is 15.6 Å². The molecule has 1 aliphatic carbocycles. The number of rotatable bonds is 2. The summed E-state index contributed by atoms with van der Waals surface area (Å²) in [7, 11) is 0. The van der Waals surface area contributed by atoms with Gasteiger partial charge in [-0.15, -0.1) is 0 Å². The zero-order chi connectivity index (χ0) is 13.0. The van der Waals surface area contributed by atoms with Crippen molar-refractivity contribution in [2.24, 2.45) is 0 Å². The van der Waals surface area contributed by atoms with Crippen molar-refractivity contribution in [1.82, 2.24) is 10.3 Å². The Morgan fingerprint density at radius 2 is 2.06 bits per heavy atom. The van der Waals surface area contributed by atoms with Gasteiger partial charge in [-0.2, -0.15) is 0 Å². The molecule has 0 spiro atoms. The SMILES string of the molecule is Cc1nc(NC(=S)NC2CCCCC2)ccc1Cl. The molecule has 1 aromatic rings. The smallest absolute Gasteiger partial charge is 0.172 e. The molecule has 2 N–H and O–H groups in total. The predicted molar refractivity (Wildman–Crippen MR) is 80.2 cm³/mol. The zero-order valence-corrected chi connectivity index (χ0v) is 12.1. The number of anilines is 1. The summed E-state index contributed by atoms with van der Waals surface area (Å²) in [6, 6.07) is 4.17. The molecular weight excluding hydrogens is 266 g/mol. The van der Waals surface area contributed by atoms with Gasteiger partial charge >= 0.3 is 0 Å². The van der Waals surface area contributed by atoms with Gasteiger partial charge in [0, 0.05) is 6.04 Å². The molecule has 0 atom stereocenters. The van der Waals surface area contributed by atoms with Crippen LogP contribution in [0.25, 0.3) is 0 Å². The number of hydrogen-bond donors (Lipinski definition) is 2. The minimum atomic E-state index is 0.507. The highest BCUT2D eigenvalue weighted by Gasteiger charge is 2.14. The summed E-state index contributed by atoms with van der Waals surface area (Å²) < 4.78 is 0. The van der Waals surface area contributed by atoms with E-state index in [-0.39, 0.29) is 0 Å². The number of hydrogen-bond acceptors (Lipinski definition) is 2. The fraction of sp³-hybridized carbons (Fsp3) is 0.538. The van der Waals surface area contributed by atoms with Crippen LogP contribution in [0.15, 0.2) is 12.1 Å². The number of halogens is 1. The Bertz CT molecular complexity index is 430. The summed E-state index contributed by atoms with van der Waals surface area (Å²) in [5, 5.41) is 7.78. The van der Waals surface area contributed by atoms with Crippen molar-refractivity contribution < 1.29 is 0 Å². The highest BCUT2D eigenvalue weighted by Crippen LogP contribution is 2.18. The van der Waals surface area contributed by atoms with Crippen molar-refractivity contribution in [3.63, 3.8) is 0 Å². The van der Waals surface area contributed by atoms with E-state index in [1.807, 2.05) is 19.1 Å². The molecule has 1 saturated carbocycles. The first-order valence-corrected chi connectivity index (χ1v) is 7.14. The molecule has 0 radical (unpaired) electrons. The van der Waals surface area contributed by atoms with Crippen LogP contribution in [0, 0.1) is 6.92 Å². The minimum absolute atomic E-state index is 0.507. The predicted octanol–water partition coefficient (Wildman–Crippen LogP) is 3.66. The standard InChI is InChI=1S/C13H18ClN3S/c1-9-11(14)7-8-12(15-9)17-13(18)16-10-5-3-2-4-6-10/h7-8,10H,2-6H2,1H3,(H2,15,16,17,18). The Hall–Kier alpha value is -0.870. The molecule has 0 bridgehead atoms. The molecule has 5 heteroatoms. The van der Waals surface area contributed by atoms with Gasteiger partial charge in [-0.3, -0.25) is 0 Å². The van der Waals surface area contributed by atoms with E-state index in [1.54, 1.807) is 0 Å². The summed E-state index contributed by atoms with van der Waals surface area (Å²) in [5.74, 6) is 0.741. The molecule has 1 heterocycles. The Morgan fingerprint density at radius 1 is 1.33 bits per heavy atom. The molecule has 1 fully saturated rings. The van der Waals surface area contributed by atoms with Crippen molar-refractivity contribution in [2.45, 2.75) is 45.1 Å². The second kappa shape index (κ2) is 6.34. The topological polar surface area (TPSA) is 37.0 Å². The van der Waals surface area contributed by atoms with Crippen LogP contribution < -0.4 is 10.6 Å². The van der Waals surface area contributed by atoms with Crippen LogP contribution in [-0.2, 0) is 0 Å². The van der Waals surface area contributed by atoms with E-state index in [0.717, 1.165) is 11.5 Å². The first-order chi connectivity index (χ1) is 8.65. The quantitative estimate of drug-likeness (QED) is 0.812. The molecular formula is C13H18ClN3S. The van der Waals surface area contributed by atoms with Gasteiger partial charge in [-0.25, -0.2) is 4.98 Å². The van der Waals surface area contributed by atoms with Crippen molar-refractivity contribution in [3.8, 4) is 0 Å². The Balaban J connectivity index is 1.88. The molecule has 1 aromatic heterocycles. The third-order valence-corrected chi connectivity index (χ3v) is 3.82.